The number of methoxy groups -OCH3 is 1. The second-order valence-corrected chi connectivity index (χ2v) is 4.21. The summed E-state index contributed by atoms with van der Waals surface area (Å²) in [6, 6.07) is 11.7. The molecule has 94 valence electrons. The van der Waals surface area contributed by atoms with E-state index >= 15 is 0 Å². The van der Waals surface area contributed by atoms with Crippen molar-refractivity contribution in [1.82, 2.24) is 9.97 Å². The number of nitrogen functional groups attached to an aromatic ring is 1. The van der Waals surface area contributed by atoms with Crippen molar-refractivity contribution in [1.29, 1.82) is 0 Å². The van der Waals surface area contributed by atoms with Crippen LogP contribution in [0.25, 0.3) is 11.3 Å². The van der Waals surface area contributed by atoms with Crippen LogP contribution in [0.4, 0.5) is 5.82 Å². The largest absolute Gasteiger partial charge is 0.384 e. The number of anilines is 1. The van der Waals surface area contributed by atoms with Gasteiger partial charge >= 0.3 is 0 Å². The number of hydrogen-bond donors (Lipinski definition) is 1. The fraction of sp³-hybridized carbons (Fsp3) is 0.286. The number of nitrogens with two attached hydrogens (primary N) is 1. The van der Waals surface area contributed by atoms with Gasteiger partial charge in [0.05, 0.1) is 11.8 Å². The fourth-order valence-electron chi connectivity index (χ4n) is 1.71. The number of aromatic nitrogens is 2. The summed E-state index contributed by atoms with van der Waals surface area (Å²) in [4.78, 5) is 8.75. The Morgan fingerprint density at radius 2 is 1.94 bits per heavy atom. The molecule has 1 atom stereocenters. The van der Waals surface area contributed by atoms with Crippen LogP contribution >= 0.6 is 0 Å². The highest BCUT2D eigenvalue weighted by Crippen LogP contribution is 2.18. The van der Waals surface area contributed by atoms with Gasteiger partial charge in [-0.05, 0) is 6.92 Å². The van der Waals surface area contributed by atoms with Gasteiger partial charge in [0, 0.05) is 25.2 Å². The van der Waals surface area contributed by atoms with Crippen molar-refractivity contribution in [3.05, 3.63) is 42.2 Å². The van der Waals surface area contributed by atoms with Crippen LogP contribution in [0.5, 0.6) is 0 Å². The molecule has 1 unspecified atom stereocenters. The highest BCUT2D eigenvalue weighted by Gasteiger charge is 2.08. The standard InChI is InChI=1S/C14H17N3O/c1-10(18-2)8-14-16-12(9-13(15)17-14)11-6-4-3-5-7-11/h3-7,9-10H,8H2,1-2H3,(H2,15,16,17). The molecule has 0 bridgehead atoms. The summed E-state index contributed by atoms with van der Waals surface area (Å²) in [6.07, 6.45) is 0.733. The van der Waals surface area contributed by atoms with Crippen LogP contribution in [0.3, 0.4) is 0 Å². The maximum atomic E-state index is 5.82. The minimum Gasteiger partial charge on any atom is -0.384 e. The van der Waals surface area contributed by atoms with E-state index in [9.17, 15) is 0 Å². The highest BCUT2D eigenvalue weighted by molar-refractivity contribution is 5.61. The molecule has 0 aliphatic carbocycles. The third kappa shape index (κ3) is 3.05. The van der Waals surface area contributed by atoms with Gasteiger partial charge in [0.1, 0.15) is 11.6 Å². The van der Waals surface area contributed by atoms with Gasteiger partial charge in [0.25, 0.3) is 0 Å². The Bertz CT molecular complexity index is 514. The van der Waals surface area contributed by atoms with E-state index in [0.29, 0.717) is 18.1 Å². The lowest BCUT2D eigenvalue weighted by Crippen LogP contribution is -2.12. The molecular formula is C14H17N3O. The summed E-state index contributed by atoms with van der Waals surface area (Å²) in [6.45, 7) is 1.98. The molecule has 0 aliphatic heterocycles. The molecular weight excluding hydrogens is 226 g/mol. The van der Waals surface area contributed by atoms with Gasteiger partial charge < -0.3 is 10.5 Å². The van der Waals surface area contributed by atoms with Crippen molar-refractivity contribution in [2.75, 3.05) is 12.8 Å². The summed E-state index contributed by atoms with van der Waals surface area (Å²) in [5, 5.41) is 0. The van der Waals surface area contributed by atoms with Crippen molar-refractivity contribution in [2.45, 2.75) is 19.4 Å². The summed E-state index contributed by atoms with van der Waals surface area (Å²) >= 11 is 0. The quantitative estimate of drug-likeness (QED) is 0.895. The normalized spacial score (nSPS) is 12.3. The van der Waals surface area contributed by atoms with Crippen molar-refractivity contribution >= 4 is 5.82 Å². The van der Waals surface area contributed by atoms with Crippen molar-refractivity contribution in [3.63, 3.8) is 0 Å². The second kappa shape index (κ2) is 5.60. The smallest absolute Gasteiger partial charge is 0.133 e. The third-order valence-corrected chi connectivity index (χ3v) is 2.73. The van der Waals surface area contributed by atoms with Crippen LogP contribution in [0.1, 0.15) is 12.7 Å². The van der Waals surface area contributed by atoms with E-state index in [1.807, 2.05) is 37.3 Å². The zero-order chi connectivity index (χ0) is 13.0. The van der Waals surface area contributed by atoms with E-state index in [1.165, 1.54) is 0 Å². The molecule has 18 heavy (non-hydrogen) atoms. The van der Waals surface area contributed by atoms with E-state index < -0.39 is 0 Å². The number of ether oxygens (including phenoxy) is 1. The monoisotopic (exact) mass is 243 g/mol. The minimum atomic E-state index is 0.0791. The highest BCUT2D eigenvalue weighted by atomic mass is 16.5. The second-order valence-electron chi connectivity index (χ2n) is 4.21. The van der Waals surface area contributed by atoms with Crippen molar-refractivity contribution in [3.8, 4) is 11.3 Å². The van der Waals surface area contributed by atoms with Crippen LogP contribution in [-0.4, -0.2) is 23.2 Å². The summed E-state index contributed by atoms with van der Waals surface area (Å²) < 4.78 is 5.22. The maximum Gasteiger partial charge on any atom is 0.133 e. The molecule has 0 radical (unpaired) electrons. The molecule has 0 spiro atoms. The Morgan fingerprint density at radius 1 is 1.22 bits per heavy atom. The van der Waals surface area contributed by atoms with Gasteiger partial charge in [0.2, 0.25) is 0 Å². The molecule has 0 saturated heterocycles. The maximum absolute atomic E-state index is 5.82. The van der Waals surface area contributed by atoms with Crippen LogP contribution in [0.15, 0.2) is 36.4 Å². The molecule has 4 heteroatoms. The van der Waals surface area contributed by atoms with Gasteiger partial charge in [-0.25, -0.2) is 9.97 Å². The van der Waals surface area contributed by atoms with E-state index in [-0.39, 0.29) is 6.10 Å². The minimum absolute atomic E-state index is 0.0791. The Balaban J connectivity index is 2.32. The Morgan fingerprint density at radius 3 is 2.61 bits per heavy atom. The molecule has 0 saturated carbocycles. The molecule has 2 rings (SSSR count). The molecule has 2 aromatic rings. The van der Waals surface area contributed by atoms with Crippen LogP contribution in [-0.2, 0) is 11.2 Å². The first kappa shape index (κ1) is 12.5. The number of rotatable bonds is 4. The molecule has 4 nitrogen and oxygen atoms in total. The third-order valence-electron chi connectivity index (χ3n) is 2.73. The zero-order valence-corrected chi connectivity index (χ0v) is 10.6. The molecule has 2 N–H and O–H groups in total. The van der Waals surface area contributed by atoms with E-state index in [4.69, 9.17) is 10.5 Å². The molecule has 1 aromatic carbocycles. The van der Waals surface area contributed by atoms with Crippen LogP contribution in [0.2, 0.25) is 0 Å². The zero-order valence-electron chi connectivity index (χ0n) is 10.6. The topological polar surface area (TPSA) is 61.0 Å². The van der Waals surface area contributed by atoms with Gasteiger partial charge in [-0.1, -0.05) is 30.3 Å². The average Bonchev–Trinajstić information content (AvgIpc) is 2.39. The Labute approximate surface area is 107 Å². The number of nitrogens with zero attached hydrogens (tertiary/aromatic N) is 2. The van der Waals surface area contributed by atoms with Gasteiger partial charge in [0.15, 0.2) is 0 Å². The number of benzene rings is 1. The summed E-state index contributed by atoms with van der Waals surface area (Å²) in [5.41, 5.74) is 7.71. The van der Waals surface area contributed by atoms with E-state index in [2.05, 4.69) is 9.97 Å². The summed E-state index contributed by atoms with van der Waals surface area (Å²) in [7, 11) is 1.68. The predicted molar refractivity (Wildman–Crippen MR) is 72.1 cm³/mol. The lowest BCUT2D eigenvalue weighted by atomic mass is 10.1. The summed E-state index contributed by atoms with van der Waals surface area (Å²) in [5.74, 6) is 1.20. The number of hydrogen-bond acceptors (Lipinski definition) is 4. The average molecular weight is 243 g/mol. The first-order valence-electron chi connectivity index (χ1n) is 5.90. The fourth-order valence-corrected chi connectivity index (χ4v) is 1.71. The van der Waals surface area contributed by atoms with E-state index in [1.54, 1.807) is 13.2 Å². The first-order valence-corrected chi connectivity index (χ1v) is 5.90. The molecule has 0 fully saturated rings. The Kier molecular flexibility index (Phi) is 3.89. The van der Waals surface area contributed by atoms with Gasteiger partial charge in [-0.15, -0.1) is 0 Å². The molecule has 0 aliphatic rings. The molecule has 1 heterocycles. The van der Waals surface area contributed by atoms with Crippen molar-refractivity contribution in [2.24, 2.45) is 0 Å². The van der Waals surface area contributed by atoms with Crippen LogP contribution in [0, 0.1) is 0 Å². The molecule has 0 amide bonds. The van der Waals surface area contributed by atoms with Crippen molar-refractivity contribution < 1.29 is 4.74 Å². The van der Waals surface area contributed by atoms with E-state index in [0.717, 1.165) is 11.3 Å². The predicted octanol–water partition coefficient (Wildman–Crippen LogP) is 2.30. The first-order chi connectivity index (χ1) is 8.69. The Hall–Kier alpha value is -1.94. The lowest BCUT2D eigenvalue weighted by Gasteiger charge is -2.10. The lowest BCUT2D eigenvalue weighted by molar-refractivity contribution is 0.117. The van der Waals surface area contributed by atoms with Gasteiger partial charge in [-0.2, -0.15) is 0 Å². The SMILES string of the molecule is COC(C)Cc1nc(N)cc(-c2ccccc2)n1. The van der Waals surface area contributed by atoms with Gasteiger partial charge in [-0.3, -0.25) is 0 Å². The van der Waals surface area contributed by atoms with Crippen LogP contribution < -0.4 is 5.73 Å². The molecule has 1 aromatic heterocycles.